The number of aliphatic hydroxyl groups is 4. The van der Waals surface area contributed by atoms with Crippen molar-refractivity contribution < 1.29 is 412 Å². The number of rotatable bonds is 10. The summed E-state index contributed by atoms with van der Waals surface area (Å²) >= 11 is 0. The van der Waals surface area contributed by atoms with E-state index in [9.17, 15) is 50.4 Å². The van der Waals surface area contributed by atoms with Crippen LogP contribution < -0.4 is 159 Å². The number of aliphatic hydroxyl groups excluding tert-OH is 4. The number of hydrogen-bond donors (Lipinski definition) is 4. The predicted octanol–water partition coefficient (Wildman–Crippen LogP) is -36.0. The standard InChI is InChI=1S/2C6H9O7.Ca.6Fe.4Na.18H2O.4O/c2*7-1-2(8)3(9)4(10)5(11)6(12)13;;;;;;;;;;;;;;;;;;;;;;;;;;;;;;;;;/h2*2-5,7,11H,1H2,(H,12,13);;;;;;;;;;;;18*1H2;;;;/q2*-3;+2;6*+3;4*+1;;;;;;;;;;;;;;;;;;;4*-2/p-10/t2*2-,3-,4+,5-;;;;;;;;;;;;;;;;;;;;;;;;;;;;;;;;;/m11................................./s1. The van der Waals surface area contributed by atoms with Crippen molar-refractivity contribution in [1.82, 2.24) is 0 Å². The van der Waals surface area contributed by atoms with E-state index in [4.69, 9.17) is 20.4 Å². The van der Waals surface area contributed by atoms with Crippen LogP contribution in [-0.4, -0.2) is 231 Å². The van der Waals surface area contributed by atoms with Gasteiger partial charge in [0.25, 0.3) is 0 Å². The third-order valence-corrected chi connectivity index (χ3v) is 2.85. The van der Waals surface area contributed by atoms with Crippen LogP contribution in [-0.2, 0) is 134 Å². The first-order valence-electron chi connectivity index (χ1n) is 6.77. The summed E-state index contributed by atoms with van der Waals surface area (Å²) in [4.78, 5) is 19.8. The molecule has 0 aromatic rings. The van der Waals surface area contributed by atoms with Gasteiger partial charge in [-0.1, -0.05) is 0 Å². The number of aliphatic carboxylic acids is 2. The first-order valence-corrected chi connectivity index (χ1v) is 6.77. The van der Waals surface area contributed by atoms with Crippen LogP contribution in [0.25, 0.3) is 0 Å². The molecule has 47 heteroatoms. The van der Waals surface area contributed by atoms with Gasteiger partial charge in [-0.15, -0.1) is 36.6 Å². The van der Waals surface area contributed by atoms with Crippen molar-refractivity contribution in [2.24, 2.45) is 0 Å². The zero-order valence-corrected chi connectivity index (χ0v) is 46.8. The molecule has 0 saturated heterocycles. The van der Waals surface area contributed by atoms with E-state index in [1.807, 2.05) is 0 Å². The third kappa shape index (κ3) is 139. The minimum atomic E-state index is -2.53. The molecule has 0 saturated carbocycles. The maximum Gasteiger partial charge on any atom is 3.00 e. The normalized spacial score (nSPS) is 8.98. The van der Waals surface area contributed by atoms with Crippen LogP contribution in [0.5, 0.6) is 0 Å². The van der Waals surface area contributed by atoms with Crippen molar-refractivity contribution in [2.45, 2.75) is 48.8 Å². The summed E-state index contributed by atoms with van der Waals surface area (Å²) in [5.74, 6) is -4.21. The van der Waals surface area contributed by atoms with E-state index in [1.165, 1.54) is 0 Å². The van der Waals surface area contributed by atoms with Gasteiger partial charge in [-0.2, -0.15) is 0 Å². The third-order valence-electron chi connectivity index (χ3n) is 2.85. The minimum Gasteiger partial charge on any atom is -2.00 e. The summed E-state index contributed by atoms with van der Waals surface area (Å²) in [7, 11) is 0. The molecular weight excluding hydrogens is 1190 g/mol. The Hall–Kier alpha value is 6.04. The number of hydrogen-bond acceptors (Lipinski definition) is 22. The molecule has 0 aromatic heterocycles. The largest absolute Gasteiger partial charge is 3.00 e. The average molecular weight is 1230 g/mol. The van der Waals surface area contributed by atoms with Crippen molar-refractivity contribution >= 4 is 49.7 Å². The van der Waals surface area contributed by atoms with Crippen LogP contribution in [0.1, 0.15) is 0 Å². The zero-order chi connectivity index (χ0) is 21.2. The van der Waals surface area contributed by atoms with E-state index < -0.39 is 74.0 Å². The van der Waals surface area contributed by atoms with E-state index in [0.717, 1.165) is 0 Å². The van der Waals surface area contributed by atoms with Crippen LogP contribution in [0.4, 0.5) is 0 Å². The van der Waals surface area contributed by atoms with Gasteiger partial charge in [-0.3, -0.25) is 0 Å². The monoisotopic (exact) mass is 1230 g/mol. The minimum absolute atomic E-state index is 0. The molecule has 59 heavy (non-hydrogen) atoms. The molecule has 0 fully saturated rings. The van der Waals surface area contributed by atoms with Gasteiger partial charge < -0.3 is 191 Å². The molecular formula is C12H44CaFe6Na4O36. The van der Waals surface area contributed by atoms with E-state index in [-0.39, 0.29) is 379 Å². The van der Waals surface area contributed by atoms with Crippen molar-refractivity contribution in [3.05, 3.63) is 0 Å². The molecule has 0 aliphatic carbocycles. The second kappa shape index (κ2) is 176. The molecule has 0 bridgehead atoms. The molecule has 0 aliphatic heterocycles. The summed E-state index contributed by atoms with van der Waals surface area (Å²) in [5.41, 5.74) is 0. The fourth-order valence-electron chi connectivity index (χ4n) is 1.26. The Morgan fingerprint density at radius 1 is 0.373 bits per heavy atom. The number of carboxylic acid groups (broad SMARTS) is 2. The molecule has 0 heterocycles. The topological polar surface area (TPSA) is 969 Å². The van der Waals surface area contributed by atoms with Gasteiger partial charge in [0.05, 0.1) is 24.1 Å². The fraction of sp³-hybridized carbons (Fsp3) is 0.833. The molecule has 0 aromatic carbocycles. The molecule has 0 unspecified atom stereocenters. The van der Waals surface area contributed by atoms with E-state index in [1.54, 1.807) is 0 Å². The molecule has 362 valence electrons. The second-order valence-corrected chi connectivity index (χ2v) is 4.83. The molecule has 32 N–H and O–H groups in total. The molecule has 6 radical (unpaired) electrons. The van der Waals surface area contributed by atoms with Crippen LogP contribution >= 0.6 is 0 Å². The van der Waals surface area contributed by atoms with Crippen molar-refractivity contribution in [1.29, 1.82) is 0 Å². The smallest absolute Gasteiger partial charge is 2.00 e. The quantitative estimate of drug-likeness (QED) is 0.148. The van der Waals surface area contributed by atoms with Crippen molar-refractivity contribution in [3.63, 3.8) is 0 Å². The Labute approximate surface area is 516 Å². The van der Waals surface area contributed by atoms with E-state index in [2.05, 4.69) is 0 Å². The Morgan fingerprint density at radius 2 is 0.475 bits per heavy atom. The second-order valence-electron chi connectivity index (χ2n) is 4.83. The summed E-state index contributed by atoms with van der Waals surface area (Å²) < 4.78 is 0. The van der Waals surface area contributed by atoms with Crippen molar-refractivity contribution in [3.8, 4) is 0 Å². The average Bonchev–Trinajstić information content (AvgIpc) is 2.62. The Morgan fingerprint density at radius 3 is 0.542 bits per heavy atom. The number of carbonyl (C=O) groups excluding carboxylic acids is 2. The maximum atomic E-state index is 10.7. The number of carboxylic acids is 2. The predicted molar refractivity (Wildman–Crippen MR) is 119 cm³/mol. The molecule has 8 atom stereocenters. The molecule has 36 nitrogen and oxygen atoms in total. The van der Waals surface area contributed by atoms with Gasteiger partial charge in [-0.05, 0) is 0 Å². The summed E-state index contributed by atoms with van der Waals surface area (Å²) in [6.45, 7) is -2.15. The van der Waals surface area contributed by atoms with Gasteiger partial charge >= 0.3 is 258 Å². The van der Waals surface area contributed by atoms with E-state index >= 15 is 0 Å². The Bertz CT molecular complexity index is 447. The number of carbonyl (C=O) groups is 2. The van der Waals surface area contributed by atoms with Crippen LogP contribution in [0.2, 0.25) is 0 Å². The van der Waals surface area contributed by atoms with Crippen LogP contribution in [0.3, 0.4) is 0 Å². The van der Waals surface area contributed by atoms with Gasteiger partial charge in [0, 0.05) is 13.2 Å². The zero-order valence-electron chi connectivity index (χ0n) is 29.9. The molecule has 0 spiro atoms. The molecule has 0 aliphatic rings. The van der Waals surface area contributed by atoms with Gasteiger partial charge in [0.2, 0.25) is 0 Å². The SMILES string of the molecule is O.O.O.O.O.O.O.O.O.O.O=C([O-])[C@H](O)[C@@H]([O-])[C@H]([O-])[C@H]([O-])CO.O=C([O-])[C@H](O)[C@@H]([O-])[C@H]([O-])[C@H]([O-])CO.[Ca+2].[Fe+3].[Fe+3].[Fe+3].[Fe+3].[Fe+3].[Fe+3].[Na+].[Na+].[Na+].[Na+].[O-2].[O-2].[O-2].[O-2].[OH-].[OH-].[OH-].[OH-].[OH-].[OH-].[OH-].[OH-]. The first-order chi connectivity index (χ1) is 11.8. The van der Waals surface area contributed by atoms with Gasteiger partial charge in [-0.25, -0.2) is 0 Å². The molecule has 0 amide bonds. The van der Waals surface area contributed by atoms with Crippen LogP contribution in [0, 0.1) is 0 Å². The maximum absolute atomic E-state index is 10.7. The summed E-state index contributed by atoms with van der Waals surface area (Å²) in [5, 5.41) is 117. The van der Waals surface area contributed by atoms with Gasteiger partial charge in [0.15, 0.2) is 0 Å². The summed E-state index contributed by atoms with van der Waals surface area (Å²) in [6.07, 6.45) is -19.2. The Kier molecular flexibility index (Phi) is 881. The summed E-state index contributed by atoms with van der Waals surface area (Å²) in [6, 6.07) is 0. The Balaban J connectivity index is -0.00000000379. The van der Waals surface area contributed by atoms with Crippen molar-refractivity contribution in [2.75, 3.05) is 13.2 Å². The first kappa shape index (κ1) is 296. The molecule has 0 rings (SSSR count). The fourth-order valence-corrected chi connectivity index (χ4v) is 1.26. The van der Waals surface area contributed by atoms with E-state index in [0.29, 0.717) is 0 Å². The van der Waals surface area contributed by atoms with Crippen LogP contribution in [0.15, 0.2) is 0 Å². The van der Waals surface area contributed by atoms with Gasteiger partial charge in [0.1, 0.15) is 0 Å².